The van der Waals surface area contributed by atoms with Crippen LogP contribution in [0.3, 0.4) is 0 Å². The van der Waals surface area contributed by atoms with Crippen LogP contribution in [0, 0.1) is 12.7 Å². The van der Waals surface area contributed by atoms with Gasteiger partial charge in [-0.1, -0.05) is 62.7 Å². The highest BCUT2D eigenvalue weighted by Crippen LogP contribution is 2.25. The minimum Gasteiger partial charge on any atom is -0.354 e. The Kier molecular flexibility index (Phi) is 10.6. The van der Waals surface area contributed by atoms with Crippen LogP contribution < -0.4 is 9.62 Å². The standard InChI is InChI=1S/C30H36FN3O4S/c1-4-6-19-32-30(36)28(5-2)33(21-24-15-17-25(31)18-16-24)29(35)22-34(26-12-10-11-23(3)20-26)39(37,38)27-13-8-7-9-14-27/h7-18,20,28H,4-6,19,21-22H2,1-3H3,(H,32,36). The Morgan fingerprint density at radius 2 is 1.64 bits per heavy atom. The van der Waals surface area contributed by atoms with Gasteiger partial charge < -0.3 is 10.2 Å². The molecule has 39 heavy (non-hydrogen) atoms. The number of hydrogen-bond donors (Lipinski definition) is 1. The average Bonchev–Trinajstić information content (AvgIpc) is 2.93. The van der Waals surface area contributed by atoms with E-state index in [0.29, 0.717) is 24.2 Å². The summed E-state index contributed by atoms with van der Waals surface area (Å²) in [5, 5.41) is 2.89. The SMILES string of the molecule is CCCCNC(=O)C(CC)N(Cc1ccc(F)cc1)C(=O)CN(c1cccc(C)c1)S(=O)(=O)c1ccccc1. The summed E-state index contributed by atoms with van der Waals surface area (Å²) in [6, 6.07) is 19.7. The summed E-state index contributed by atoms with van der Waals surface area (Å²) in [4.78, 5) is 28.6. The lowest BCUT2D eigenvalue weighted by Crippen LogP contribution is -2.52. The molecular weight excluding hydrogens is 517 g/mol. The highest BCUT2D eigenvalue weighted by atomic mass is 32.2. The van der Waals surface area contributed by atoms with Gasteiger partial charge in [0.25, 0.3) is 10.0 Å². The molecule has 7 nitrogen and oxygen atoms in total. The molecule has 0 saturated heterocycles. The molecule has 0 aromatic heterocycles. The Labute approximate surface area is 230 Å². The lowest BCUT2D eigenvalue weighted by atomic mass is 10.1. The van der Waals surface area contributed by atoms with Gasteiger partial charge >= 0.3 is 0 Å². The van der Waals surface area contributed by atoms with Crippen molar-refractivity contribution in [2.24, 2.45) is 0 Å². The number of anilines is 1. The molecule has 0 heterocycles. The molecular formula is C30H36FN3O4S. The molecule has 9 heteroatoms. The molecule has 1 N–H and O–H groups in total. The maximum Gasteiger partial charge on any atom is 0.264 e. The summed E-state index contributed by atoms with van der Waals surface area (Å²) in [5.41, 5.74) is 1.80. The van der Waals surface area contributed by atoms with Crippen molar-refractivity contribution in [1.29, 1.82) is 0 Å². The minimum atomic E-state index is -4.11. The predicted molar refractivity (Wildman–Crippen MR) is 151 cm³/mol. The van der Waals surface area contributed by atoms with Crippen LogP contribution in [0.25, 0.3) is 0 Å². The van der Waals surface area contributed by atoms with Crippen molar-refractivity contribution in [2.75, 3.05) is 17.4 Å². The van der Waals surface area contributed by atoms with Crippen LogP contribution in [0.1, 0.15) is 44.2 Å². The van der Waals surface area contributed by atoms with Crippen molar-refractivity contribution in [2.45, 2.75) is 57.5 Å². The number of carbonyl (C=O) groups is 2. The zero-order valence-corrected chi connectivity index (χ0v) is 23.5. The maximum atomic E-state index is 14.0. The number of aryl methyl sites for hydroxylation is 1. The van der Waals surface area contributed by atoms with E-state index in [1.165, 1.54) is 29.2 Å². The summed E-state index contributed by atoms with van der Waals surface area (Å²) < 4.78 is 42.2. The molecule has 0 spiro atoms. The molecule has 1 atom stereocenters. The molecule has 0 radical (unpaired) electrons. The number of rotatable bonds is 13. The van der Waals surface area contributed by atoms with Gasteiger partial charge in [-0.15, -0.1) is 0 Å². The highest BCUT2D eigenvalue weighted by molar-refractivity contribution is 7.92. The molecule has 0 aliphatic rings. The van der Waals surface area contributed by atoms with Gasteiger partial charge in [-0.05, 0) is 67.3 Å². The zero-order chi connectivity index (χ0) is 28.4. The van der Waals surface area contributed by atoms with Gasteiger partial charge in [0.15, 0.2) is 0 Å². The van der Waals surface area contributed by atoms with E-state index in [9.17, 15) is 22.4 Å². The summed E-state index contributed by atoms with van der Waals surface area (Å²) in [6.45, 7) is 5.64. The fourth-order valence-corrected chi connectivity index (χ4v) is 5.67. The number of carbonyl (C=O) groups excluding carboxylic acids is 2. The van der Waals surface area contributed by atoms with E-state index in [1.54, 1.807) is 55.5 Å². The molecule has 0 saturated carbocycles. The third-order valence-electron chi connectivity index (χ3n) is 6.38. The molecule has 0 bridgehead atoms. The van der Waals surface area contributed by atoms with Crippen molar-refractivity contribution < 1.29 is 22.4 Å². The zero-order valence-electron chi connectivity index (χ0n) is 22.6. The number of benzene rings is 3. The molecule has 1 unspecified atom stereocenters. The van der Waals surface area contributed by atoms with Crippen molar-refractivity contribution in [3.8, 4) is 0 Å². The molecule has 3 rings (SSSR count). The molecule has 0 aliphatic carbocycles. The smallest absolute Gasteiger partial charge is 0.264 e. The Morgan fingerprint density at radius 3 is 2.26 bits per heavy atom. The Hall–Kier alpha value is -3.72. The van der Waals surface area contributed by atoms with E-state index >= 15 is 0 Å². The van der Waals surface area contributed by atoms with Gasteiger partial charge in [0, 0.05) is 13.1 Å². The van der Waals surface area contributed by atoms with Crippen molar-refractivity contribution in [3.63, 3.8) is 0 Å². The molecule has 3 aromatic carbocycles. The van der Waals surface area contributed by atoms with Crippen LogP contribution >= 0.6 is 0 Å². The van der Waals surface area contributed by atoms with Gasteiger partial charge in [-0.25, -0.2) is 12.8 Å². The molecule has 0 fully saturated rings. The number of amides is 2. The number of halogens is 1. The van der Waals surface area contributed by atoms with E-state index in [1.807, 2.05) is 19.9 Å². The summed E-state index contributed by atoms with van der Waals surface area (Å²) in [6.07, 6.45) is 2.02. The minimum absolute atomic E-state index is 0.0197. The number of hydrogen-bond acceptors (Lipinski definition) is 4. The molecule has 2 amide bonds. The molecule has 208 valence electrons. The Balaban J connectivity index is 2.02. The molecule has 3 aromatic rings. The maximum absolute atomic E-state index is 14.0. The first kappa shape index (κ1) is 29.8. The summed E-state index contributed by atoms with van der Waals surface area (Å²) >= 11 is 0. The monoisotopic (exact) mass is 553 g/mol. The van der Waals surface area contributed by atoms with Crippen LogP contribution in [0.4, 0.5) is 10.1 Å². The van der Waals surface area contributed by atoms with E-state index in [2.05, 4.69) is 5.32 Å². The number of nitrogens with one attached hydrogen (secondary N) is 1. The van der Waals surface area contributed by atoms with Gasteiger partial charge in [-0.2, -0.15) is 0 Å². The quantitative estimate of drug-likeness (QED) is 0.300. The first-order valence-corrected chi connectivity index (χ1v) is 14.6. The first-order valence-electron chi connectivity index (χ1n) is 13.1. The third-order valence-corrected chi connectivity index (χ3v) is 8.17. The van der Waals surface area contributed by atoms with Crippen molar-refractivity contribution in [1.82, 2.24) is 10.2 Å². The van der Waals surface area contributed by atoms with Crippen molar-refractivity contribution in [3.05, 3.63) is 95.8 Å². The lowest BCUT2D eigenvalue weighted by molar-refractivity contribution is -0.140. The van der Waals surface area contributed by atoms with Crippen LogP contribution in [0.2, 0.25) is 0 Å². The Bertz CT molecular complexity index is 1350. The van der Waals surface area contributed by atoms with Crippen LogP contribution in [-0.4, -0.2) is 44.3 Å². The van der Waals surface area contributed by atoms with Crippen molar-refractivity contribution >= 4 is 27.5 Å². The van der Waals surface area contributed by atoms with Crippen LogP contribution in [0.5, 0.6) is 0 Å². The van der Waals surface area contributed by atoms with Gasteiger partial charge in [-0.3, -0.25) is 13.9 Å². The van der Waals surface area contributed by atoms with E-state index in [0.717, 1.165) is 22.7 Å². The highest BCUT2D eigenvalue weighted by Gasteiger charge is 2.33. The average molecular weight is 554 g/mol. The third kappa shape index (κ3) is 7.89. The van der Waals surface area contributed by atoms with Crippen LogP contribution in [-0.2, 0) is 26.2 Å². The first-order chi connectivity index (χ1) is 18.7. The van der Waals surface area contributed by atoms with E-state index in [-0.39, 0.29) is 17.3 Å². The van der Waals surface area contributed by atoms with Gasteiger partial charge in [0.2, 0.25) is 11.8 Å². The second-order valence-electron chi connectivity index (χ2n) is 9.38. The second kappa shape index (κ2) is 13.9. The number of unbranched alkanes of at least 4 members (excludes halogenated alkanes) is 1. The normalized spacial score (nSPS) is 12.0. The number of sulfonamides is 1. The summed E-state index contributed by atoms with van der Waals surface area (Å²) in [5.74, 6) is -1.27. The van der Waals surface area contributed by atoms with Gasteiger partial charge in [0.1, 0.15) is 18.4 Å². The summed E-state index contributed by atoms with van der Waals surface area (Å²) in [7, 11) is -4.11. The lowest BCUT2D eigenvalue weighted by Gasteiger charge is -2.33. The Morgan fingerprint density at radius 1 is 0.949 bits per heavy atom. The second-order valence-corrected chi connectivity index (χ2v) is 11.2. The van der Waals surface area contributed by atoms with E-state index in [4.69, 9.17) is 0 Å². The van der Waals surface area contributed by atoms with E-state index < -0.39 is 34.3 Å². The van der Waals surface area contributed by atoms with Crippen LogP contribution in [0.15, 0.2) is 83.8 Å². The predicted octanol–water partition coefficient (Wildman–Crippen LogP) is 5.05. The fourth-order valence-electron chi connectivity index (χ4n) is 4.24. The molecule has 0 aliphatic heterocycles. The van der Waals surface area contributed by atoms with Gasteiger partial charge in [0.05, 0.1) is 10.6 Å². The fraction of sp³-hybridized carbons (Fsp3) is 0.333. The largest absolute Gasteiger partial charge is 0.354 e. The topological polar surface area (TPSA) is 86.8 Å². The number of nitrogens with zero attached hydrogens (tertiary/aromatic N) is 2.